The van der Waals surface area contributed by atoms with E-state index in [4.69, 9.17) is 4.52 Å². The lowest BCUT2D eigenvalue weighted by molar-refractivity contribution is 0.102. The molecule has 1 amide bonds. The van der Waals surface area contributed by atoms with Crippen molar-refractivity contribution in [2.45, 2.75) is 19.9 Å². The van der Waals surface area contributed by atoms with Crippen LogP contribution in [0, 0.1) is 6.92 Å². The standard InChI is InChI=1S/C19H18N4O2/c1-12-21-18(23-25-12)13-2-4-14(5-3-13)19(24)22-17-7-6-16-11-20-9-8-15(16)10-17/h2-7,10,20H,8-9,11H2,1H3,(H,22,24). The predicted octanol–water partition coefficient (Wildman–Crippen LogP) is 2.94. The zero-order chi connectivity index (χ0) is 17.2. The fourth-order valence-corrected chi connectivity index (χ4v) is 2.95. The maximum Gasteiger partial charge on any atom is 0.255 e. The van der Waals surface area contributed by atoms with Gasteiger partial charge in [-0.3, -0.25) is 4.79 Å². The van der Waals surface area contributed by atoms with Gasteiger partial charge >= 0.3 is 0 Å². The number of hydrogen-bond acceptors (Lipinski definition) is 5. The van der Waals surface area contributed by atoms with Crippen molar-refractivity contribution < 1.29 is 9.32 Å². The van der Waals surface area contributed by atoms with Crippen molar-refractivity contribution in [1.82, 2.24) is 15.5 Å². The van der Waals surface area contributed by atoms with Gasteiger partial charge in [0, 0.05) is 30.3 Å². The molecule has 1 aliphatic heterocycles. The second-order valence-corrected chi connectivity index (χ2v) is 6.08. The molecule has 0 atom stereocenters. The number of nitrogens with zero attached hydrogens (tertiary/aromatic N) is 2. The smallest absolute Gasteiger partial charge is 0.255 e. The third-order valence-electron chi connectivity index (χ3n) is 4.28. The summed E-state index contributed by atoms with van der Waals surface area (Å²) >= 11 is 0. The Labute approximate surface area is 145 Å². The number of carbonyl (C=O) groups excluding carboxylic acids is 1. The van der Waals surface area contributed by atoms with Gasteiger partial charge in [-0.25, -0.2) is 0 Å². The molecule has 0 aliphatic carbocycles. The number of aryl methyl sites for hydroxylation is 1. The summed E-state index contributed by atoms with van der Waals surface area (Å²) in [6.07, 6.45) is 0.984. The molecular weight excluding hydrogens is 316 g/mol. The average molecular weight is 334 g/mol. The molecule has 2 heterocycles. The number of anilines is 1. The van der Waals surface area contributed by atoms with Gasteiger partial charge in [-0.2, -0.15) is 4.98 Å². The number of nitrogens with one attached hydrogen (secondary N) is 2. The maximum atomic E-state index is 12.5. The molecule has 0 radical (unpaired) electrons. The highest BCUT2D eigenvalue weighted by Gasteiger charge is 2.12. The van der Waals surface area contributed by atoms with Crippen LogP contribution >= 0.6 is 0 Å². The molecule has 0 spiro atoms. The SMILES string of the molecule is Cc1nc(-c2ccc(C(=O)Nc3ccc4c(c3)CCNC4)cc2)no1. The minimum Gasteiger partial charge on any atom is -0.339 e. The Balaban J connectivity index is 1.49. The van der Waals surface area contributed by atoms with E-state index in [9.17, 15) is 4.79 Å². The Kier molecular flexibility index (Phi) is 4.03. The first-order chi connectivity index (χ1) is 12.2. The highest BCUT2D eigenvalue weighted by atomic mass is 16.5. The average Bonchev–Trinajstić information content (AvgIpc) is 3.08. The summed E-state index contributed by atoms with van der Waals surface area (Å²) in [6, 6.07) is 13.2. The number of fused-ring (bicyclic) bond motifs is 1. The fourth-order valence-electron chi connectivity index (χ4n) is 2.95. The summed E-state index contributed by atoms with van der Waals surface area (Å²) in [7, 11) is 0. The van der Waals surface area contributed by atoms with E-state index >= 15 is 0 Å². The van der Waals surface area contributed by atoms with Gasteiger partial charge in [0.25, 0.3) is 5.91 Å². The predicted molar refractivity (Wildman–Crippen MR) is 94.3 cm³/mol. The molecule has 0 saturated heterocycles. The van der Waals surface area contributed by atoms with Crippen molar-refractivity contribution in [3.63, 3.8) is 0 Å². The molecule has 1 aliphatic rings. The van der Waals surface area contributed by atoms with Crippen LogP contribution in [0.25, 0.3) is 11.4 Å². The number of rotatable bonds is 3. The molecule has 6 nitrogen and oxygen atoms in total. The van der Waals surface area contributed by atoms with Gasteiger partial charge in [0.15, 0.2) is 0 Å². The summed E-state index contributed by atoms with van der Waals surface area (Å²) in [5, 5.41) is 10.2. The molecule has 0 fully saturated rings. The van der Waals surface area contributed by atoms with E-state index < -0.39 is 0 Å². The second kappa shape index (κ2) is 6.49. The third-order valence-corrected chi connectivity index (χ3v) is 4.28. The number of amides is 1. The molecule has 0 bridgehead atoms. The van der Waals surface area contributed by atoms with Crippen LogP contribution in [0.3, 0.4) is 0 Å². The van der Waals surface area contributed by atoms with Crippen molar-refractivity contribution in [3.05, 3.63) is 65.0 Å². The third kappa shape index (κ3) is 3.29. The number of carbonyl (C=O) groups is 1. The van der Waals surface area contributed by atoms with Gasteiger partial charge in [0.1, 0.15) is 0 Å². The molecule has 2 aromatic carbocycles. The van der Waals surface area contributed by atoms with E-state index in [-0.39, 0.29) is 5.91 Å². The zero-order valence-electron chi connectivity index (χ0n) is 13.9. The van der Waals surface area contributed by atoms with E-state index in [0.717, 1.165) is 30.8 Å². The second-order valence-electron chi connectivity index (χ2n) is 6.08. The lowest BCUT2D eigenvalue weighted by Crippen LogP contribution is -2.23. The fraction of sp³-hybridized carbons (Fsp3) is 0.211. The van der Waals surface area contributed by atoms with Crippen LogP contribution in [-0.4, -0.2) is 22.6 Å². The van der Waals surface area contributed by atoms with Crippen molar-refractivity contribution >= 4 is 11.6 Å². The van der Waals surface area contributed by atoms with Crippen molar-refractivity contribution in [1.29, 1.82) is 0 Å². The van der Waals surface area contributed by atoms with Crippen LogP contribution in [0.4, 0.5) is 5.69 Å². The Morgan fingerprint density at radius 2 is 2.00 bits per heavy atom. The van der Waals surface area contributed by atoms with Crippen molar-refractivity contribution in [2.75, 3.05) is 11.9 Å². The molecule has 4 rings (SSSR count). The van der Waals surface area contributed by atoms with E-state index in [2.05, 4.69) is 32.9 Å². The number of hydrogen-bond donors (Lipinski definition) is 2. The van der Waals surface area contributed by atoms with E-state index in [1.807, 2.05) is 18.2 Å². The Morgan fingerprint density at radius 1 is 1.16 bits per heavy atom. The summed E-state index contributed by atoms with van der Waals surface area (Å²) < 4.78 is 4.98. The zero-order valence-corrected chi connectivity index (χ0v) is 13.9. The van der Waals surface area contributed by atoms with Crippen LogP contribution < -0.4 is 10.6 Å². The van der Waals surface area contributed by atoms with Gasteiger partial charge in [0.2, 0.25) is 11.7 Å². The van der Waals surface area contributed by atoms with Gasteiger partial charge < -0.3 is 15.2 Å². The first-order valence-electron chi connectivity index (χ1n) is 8.24. The van der Waals surface area contributed by atoms with E-state index in [1.54, 1.807) is 19.1 Å². The van der Waals surface area contributed by atoms with Crippen LogP contribution in [0.15, 0.2) is 47.0 Å². The largest absolute Gasteiger partial charge is 0.339 e. The van der Waals surface area contributed by atoms with Crippen LogP contribution in [0.2, 0.25) is 0 Å². The lowest BCUT2D eigenvalue weighted by Gasteiger charge is -2.18. The molecule has 1 aromatic heterocycles. The highest BCUT2D eigenvalue weighted by Crippen LogP contribution is 2.20. The van der Waals surface area contributed by atoms with Gasteiger partial charge in [-0.05, 0) is 48.4 Å². The van der Waals surface area contributed by atoms with Crippen LogP contribution in [-0.2, 0) is 13.0 Å². The Bertz CT molecular complexity index is 915. The minimum absolute atomic E-state index is 0.135. The van der Waals surface area contributed by atoms with Crippen molar-refractivity contribution in [2.24, 2.45) is 0 Å². The van der Waals surface area contributed by atoms with Gasteiger partial charge in [-0.1, -0.05) is 23.4 Å². The molecule has 0 saturated carbocycles. The highest BCUT2D eigenvalue weighted by molar-refractivity contribution is 6.04. The number of benzene rings is 2. The van der Waals surface area contributed by atoms with Crippen LogP contribution in [0.5, 0.6) is 0 Å². The normalized spacial score (nSPS) is 13.3. The summed E-state index contributed by atoms with van der Waals surface area (Å²) in [4.78, 5) is 16.6. The Morgan fingerprint density at radius 3 is 2.76 bits per heavy atom. The molecule has 2 N–H and O–H groups in total. The van der Waals surface area contributed by atoms with Gasteiger partial charge in [-0.15, -0.1) is 0 Å². The minimum atomic E-state index is -0.135. The number of aromatic nitrogens is 2. The lowest BCUT2D eigenvalue weighted by atomic mass is 10.0. The topological polar surface area (TPSA) is 80.0 Å². The maximum absolute atomic E-state index is 12.5. The molecule has 6 heteroatoms. The quantitative estimate of drug-likeness (QED) is 0.770. The molecular formula is C19H18N4O2. The van der Waals surface area contributed by atoms with Crippen molar-refractivity contribution in [3.8, 4) is 11.4 Å². The first-order valence-corrected chi connectivity index (χ1v) is 8.24. The molecule has 0 unspecified atom stereocenters. The molecule has 3 aromatic rings. The first kappa shape index (κ1) is 15.5. The monoisotopic (exact) mass is 334 g/mol. The summed E-state index contributed by atoms with van der Waals surface area (Å²) in [6.45, 7) is 3.61. The molecule has 126 valence electrons. The Hall–Kier alpha value is -2.99. The van der Waals surface area contributed by atoms with Gasteiger partial charge in [0.05, 0.1) is 0 Å². The van der Waals surface area contributed by atoms with E-state index in [1.165, 1.54) is 11.1 Å². The summed E-state index contributed by atoms with van der Waals surface area (Å²) in [5.41, 5.74) is 4.81. The van der Waals surface area contributed by atoms with Crippen LogP contribution in [0.1, 0.15) is 27.4 Å². The summed E-state index contributed by atoms with van der Waals surface area (Å²) in [5.74, 6) is 0.900. The van der Waals surface area contributed by atoms with E-state index in [0.29, 0.717) is 17.3 Å². The molecule has 25 heavy (non-hydrogen) atoms.